The maximum atomic E-state index is 13.8. The van der Waals surface area contributed by atoms with Crippen molar-refractivity contribution in [2.24, 2.45) is 0 Å². The lowest BCUT2D eigenvalue weighted by molar-refractivity contribution is -0.129. The second-order valence-corrected chi connectivity index (χ2v) is 13.4. The standard InChI is InChI=1S/C36H47N5O2S/c1-25(2)39-31(11-6-9-21-41-19-7-3-8-20-41)36(43)40-32(23-28-24-44-34-12-5-4-10-29(28)34)33(42)16-14-26-13-15-30-27(22-26)17-18-38-35(30)37/h4-5,10,12-13,15,17-18,22,24-25,31-32,39H,3,6-9,11,14,16,19-21,23H2,1-2H3,(H2,37,38)(H,40,43)/t31-,32+/m1/s1. The second-order valence-electron chi connectivity index (χ2n) is 12.5. The largest absolute Gasteiger partial charge is 0.383 e. The number of hydrogen-bond acceptors (Lipinski definition) is 7. The second kappa shape index (κ2) is 15.6. The summed E-state index contributed by atoms with van der Waals surface area (Å²) in [7, 11) is 0. The van der Waals surface area contributed by atoms with E-state index in [0.29, 0.717) is 25.1 Å². The third kappa shape index (κ3) is 8.65. The molecule has 7 nitrogen and oxygen atoms in total. The number of nitrogens with two attached hydrogens (primary N) is 1. The summed E-state index contributed by atoms with van der Waals surface area (Å²) in [5.41, 5.74) is 8.20. The molecule has 0 aliphatic carbocycles. The number of nitrogens with one attached hydrogen (secondary N) is 2. The number of ketones is 1. The van der Waals surface area contributed by atoms with Crippen molar-refractivity contribution in [2.75, 3.05) is 25.4 Å². The summed E-state index contributed by atoms with van der Waals surface area (Å²) in [5.74, 6) is 0.478. The molecule has 8 heteroatoms. The summed E-state index contributed by atoms with van der Waals surface area (Å²) in [6, 6.07) is 15.5. The fourth-order valence-corrected chi connectivity index (χ4v) is 7.31. The normalized spacial score (nSPS) is 15.5. The van der Waals surface area contributed by atoms with Gasteiger partial charge in [-0.2, -0.15) is 0 Å². The zero-order chi connectivity index (χ0) is 30.9. The highest BCUT2D eigenvalue weighted by Gasteiger charge is 2.27. The van der Waals surface area contributed by atoms with E-state index < -0.39 is 6.04 Å². The molecule has 2 atom stereocenters. The number of Topliss-reactive ketones (excluding diaryl/α,β-unsaturated/α-hetero) is 1. The van der Waals surface area contributed by atoms with Crippen LogP contribution < -0.4 is 16.4 Å². The lowest BCUT2D eigenvalue weighted by atomic mass is 9.96. The molecule has 1 saturated heterocycles. The third-order valence-corrected chi connectivity index (χ3v) is 9.74. The summed E-state index contributed by atoms with van der Waals surface area (Å²) >= 11 is 1.68. The molecule has 234 valence electrons. The molecule has 3 heterocycles. The lowest BCUT2D eigenvalue weighted by Gasteiger charge is -2.27. The molecule has 1 aliphatic heterocycles. The van der Waals surface area contributed by atoms with Crippen LogP contribution >= 0.6 is 11.3 Å². The topological polar surface area (TPSA) is 100 Å². The molecule has 5 rings (SSSR count). The van der Waals surface area contributed by atoms with E-state index in [2.05, 4.69) is 57.9 Å². The number of nitrogen functional groups attached to an aromatic ring is 1. The maximum absolute atomic E-state index is 13.8. The minimum Gasteiger partial charge on any atom is -0.383 e. The molecule has 1 aliphatic rings. The molecule has 0 radical (unpaired) electrons. The molecule has 0 saturated carbocycles. The first-order valence-corrected chi connectivity index (χ1v) is 17.1. The van der Waals surface area contributed by atoms with Crippen molar-refractivity contribution in [2.45, 2.75) is 89.8 Å². The summed E-state index contributed by atoms with van der Waals surface area (Å²) in [5, 5.41) is 11.9. The average molecular weight is 614 g/mol. The highest BCUT2D eigenvalue weighted by molar-refractivity contribution is 7.17. The number of anilines is 1. The van der Waals surface area contributed by atoms with Crippen LogP contribution in [0.25, 0.3) is 20.9 Å². The summed E-state index contributed by atoms with van der Waals surface area (Å²) in [6.45, 7) is 7.63. The van der Waals surface area contributed by atoms with Crippen LogP contribution in [-0.4, -0.2) is 59.3 Å². The Labute approximate surface area is 265 Å². The Bertz CT molecular complexity index is 1540. The van der Waals surface area contributed by atoms with Crippen molar-refractivity contribution in [1.82, 2.24) is 20.5 Å². The van der Waals surface area contributed by atoms with Crippen molar-refractivity contribution >= 4 is 49.7 Å². The van der Waals surface area contributed by atoms with E-state index >= 15 is 0 Å². The van der Waals surface area contributed by atoms with Crippen LogP contribution in [0, 0.1) is 0 Å². The fourth-order valence-electron chi connectivity index (χ4n) is 6.34. The van der Waals surface area contributed by atoms with Crippen LogP contribution in [0.5, 0.6) is 0 Å². The molecule has 0 unspecified atom stereocenters. The van der Waals surface area contributed by atoms with Crippen molar-refractivity contribution < 1.29 is 9.59 Å². The number of unbranched alkanes of at least 4 members (excludes halogenated alkanes) is 1. The minimum absolute atomic E-state index is 0.0522. The van der Waals surface area contributed by atoms with E-state index in [1.807, 2.05) is 30.3 Å². The van der Waals surface area contributed by atoms with Gasteiger partial charge >= 0.3 is 0 Å². The summed E-state index contributed by atoms with van der Waals surface area (Å²) in [4.78, 5) is 34.4. The zero-order valence-corrected chi connectivity index (χ0v) is 27.0. The van der Waals surface area contributed by atoms with Crippen molar-refractivity contribution in [1.29, 1.82) is 0 Å². The van der Waals surface area contributed by atoms with E-state index in [-0.39, 0.29) is 23.8 Å². The number of thiophene rings is 1. The van der Waals surface area contributed by atoms with Crippen LogP contribution in [0.1, 0.15) is 69.9 Å². The molecule has 2 aromatic heterocycles. The van der Waals surface area contributed by atoms with Gasteiger partial charge in [-0.3, -0.25) is 9.59 Å². The van der Waals surface area contributed by atoms with E-state index in [0.717, 1.165) is 53.1 Å². The van der Waals surface area contributed by atoms with Gasteiger partial charge in [0, 0.05) is 35.2 Å². The molecule has 4 aromatic rings. The van der Waals surface area contributed by atoms with Crippen molar-refractivity contribution in [3.05, 3.63) is 71.2 Å². The highest BCUT2D eigenvalue weighted by Crippen LogP contribution is 2.27. The summed E-state index contributed by atoms with van der Waals surface area (Å²) < 4.78 is 1.19. The Hall–Kier alpha value is -3.33. The number of rotatable bonds is 15. The Morgan fingerprint density at radius 1 is 1.00 bits per heavy atom. The third-order valence-electron chi connectivity index (χ3n) is 8.73. The van der Waals surface area contributed by atoms with Crippen LogP contribution in [0.15, 0.2) is 60.1 Å². The molecule has 44 heavy (non-hydrogen) atoms. The molecule has 0 bridgehead atoms. The van der Waals surface area contributed by atoms with Gasteiger partial charge in [0.1, 0.15) is 5.82 Å². The quantitative estimate of drug-likeness (QED) is 0.136. The number of aryl methyl sites for hydroxylation is 1. The number of amides is 1. The number of piperidine rings is 1. The van der Waals surface area contributed by atoms with Gasteiger partial charge in [-0.1, -0.05) is 63.1 Å². The maximum Gasteiger partial charge on any atom is 0.237 e. The first-order valence-electron chi connectivity index (χ1n) is 16.3. The number of hydrogen-bond donors (Lipinski definition) is 3. The first kappa shape index (κ1) is 32.1. The van der Waals surface area contributed by atoms with Crippen LogP contribution in [0.4, 0.5) is 5.82 Å². The number of benzene rings is 2. The van der Waals surface area contributed by atoms with Crippen molar-refractivity contribution in [3.8, 4) is 0 Å². The monoisotopic (exact) mass is 613 g/mol. The number of nitrogens with zero attached hydrogens (tertiary/aromatic N) is 2. The molecule has 0 spiro atoms. The fraction of sp³-hybridized carbons (Fsp3) is 0.472. The number of carbonyl (C=O) groups is 2. The van der Waals surface area contributed by atoms with Gasteiger partial charge in [0.2, 0.25) is 5.91 Å². The van der Waals surface area contributed by atoms with Gasteiger partial charge in [-0.05, 0) is 91.2 Å². The Balaban J connectivity index is 1.27. The van der Waals surface area contributed by atoms with E-state index in [4.69, 9.17) is 5.73 Å². The molecule has 1 fully saturated rings. The average Bonchev–Trinajstić information content (AvgIpc) is 3.44. The first-order chi connectivity index (χ1) is 21.4. The molecule has 2 aromatic carbocycles. The van der Waals surface area contributed by atoms with Gasteiger partial charge < -0.3 is 21.3 Å². The minimum atomic E-state index is -0.592. The van der Waals surface area contributed by atoms with Gasteiger partial charge in [0.05, 0.1) is 12.1 Å². The van der Waals surface area contributed by atoms with Gasteiger partial charge in [-0.25, -0.2) is 4.98 Å². The van der Waals surface area contributed by atoms with Gasteiger partial charge in [0.25, 0.3) is 0 Å². The van der Waals surface area contributed by atoms with Gasteiger partial charge in [0.15, 0.2) is 5.78 Å². The Kier molecular flexibility index (Phi) is 11.4. The molecular formula is C36H47N5O2S. The van der Waals surface area contributed by atoms with Crippen LogP contribution in [-0.2, 0) is 22.4 Å². The van der Waals surface area contributed by atoms with Crippen molar-refractivity contribution in [3.63, 3.8) is 0 Å². The lowest BCUT2D eigenvalue weighted by Crippen LogP contribution is -2.52. The van der Waals surface area contributed by atoms with E-state index in [1.54, 1.807) is 17.5 Å². The SMILES string of the molecule is CC(C)N[C@H](CCCCN1CCCCC1)C(=O)N[C@@H](Cc1csc2ccccc12)C(=O)CCc1ccc2c(N)nccc2c1. The predicted molar refractivity (Wildman–Crippen MR) is 183 cm³/mol. The zero-order valence-electron chi connectivity index (χ0n) is 26.2. The number of fused-ring (bicyclic) bond motifs is 2. The number of aromatic nitrogens is 1. The molecular weight excluding hydrogens is 566 g/mol. The van der Waals surface area contributed by atoms with Crippen LogP contribution in [0.2, 0.25) is 0 Å². The Morgan fingerprint density at radius 2 is 1.82 bits per heavy atom. The predicted octanol–water partition coefficient (Wildman–Crippen LogP) is 6.28. The highest BCUT2D eigenvalue weighted by atomic mass is 32.1. The smallest absolute Gasteiger partial charge is 0.237 e. The van der Waals surface area contributed by atoms with Gasteiger partial charge in [-0.15, -0.1) is 11.3 Å². The molecule has 4 N–H and O–H groups in total. The number of likely N-dealkylation sites (tertiary alicyclic amines) is 1. The number of pyridine rings is 1. The van der Waals surface area contributed by atoms with E-state index in [1.165, 1.54) is 37.1 Å². The number of carbonyl (C=O) groups excluding carboxylic acids is 2. The van der Waals surface area contributed by atoms with E-state index in [9.17, 15) is 9.59 Å². The summed E-state index contributed by atoms with van der Waals surface area (Å²) in [6.07, 6.45) is 9.88. The van der Waals surface area contributed by atoms with Crippen LogP contribution in [0.3, 0.4) is 0 Å². The molecule has 1 amide bonds. The Morgan fingerprint density at radius 3 is 2.64 bits per heavy atom.